The van der Waals surface area contributed by atoms with Crippen molar-refractivity contribution in [1.29, 1.82) is 0 Å². The second-order valence-corrected chi connectivity index (χ2v) is 12.3. The van der Waals surface area contributed by atoms with E-state index < -0.39 is 5.97 Å². The van der Waals surface area contributed by atoms with Gasteiger partial charge in [0.05, 0.1) is 24.1 Å². The lowest BCUT2D eigenvalue weighted by atomic mass is 9.54. The van der Waals surface area contributed by atoms with Crippen LogP contribution in [0.3, 0.4) is 0 Å². The number of amides is 2. The summed E-state index contributed by atoms with van der Waals surface area (Å²) in [6.45, 7) is 5.81. The Morgan fingerprint density at radius 3 is 2.14 bits per heavy atom. The Labute approximate surface area is 212 Å². The van der Waals surface area contributed by atoms with Crippen molar-refractivity contribution in [1.82, 2.24) is 14.7 Å². The minimum absolute atomic E-state index is 0.164. The maximum Gasteiger partial charge on any atom is 0.341 e. The topological polar surface area (TPSA) is 82.2 Å². The van der Waals surface area contributed by atoms with E-state index in [2.05, 4.69) is 15.1 Å². The molecule has 9 heteroatoms. The van der Waals surface area contributed by atoms with Crippen LogP contribution >= 0.6 is 11.3 Å². The van der Waals surface area contributed by atoms with Gasteiger partial charge in [-0.3, -0.25) is 19.4 Å². The molecular weight excluding hydrogens is 464 g/mol. The van der Waals surface area contributed by atoms with Gasteiger partial charge in [0, 0.05) is 46.3 Å². The number of carbonyl (C=O) groups is 3. The molecule has 4 aliphatic carbocycles. The summed E-state index contributed by atoms with van der Waals surface area (Å²) in [4.78, 5) is 44.7. The SMILES string of the molecule is COC(=O)c1c(NC(=O)CN2CCN(C3C4CC5CC(C4)CC3C5)CC2)sc(C(=O)N(C)C)c1C. The van der Waals surface area contributed by atoms with Crippen molar-refractivity contribution < 1.29 is 19.1 Å². The van der Waals surface area contributed by atoms with Crippen LogP contribution in [-0.2, 0) is 9.53 Å². The van der Waals surface area contributed by atoms with Crippen molar-refractivity contribution in [3.05, 3.63) is 16.0 Å². The molecule has 0 spiro atoms. The van der Waals surface area contributed by atoms with Gasteiger partial charge in [-0.2, -0.15) is 0 Å². The average Bonchev–Trinajstić information content (AvgIpc) is 3.13. The maximum absolute atomic E-state index is 12.9. The van der Waals surface area contributed by atoms with Gasteiger partial charge in [-0.25, -0.2) is 4.79 Å². The van der Waals surface area contributed by atoms with Gasteiger partial charge in [0.15, 0.2) is 0 Å². The van der Waals surface area contributed by atoms with E-state index in [4.69, 9.17) is 4.74 Å². The molecule has 5 fully saturated rings. The number of anilines is 1. The third-order valence-electron chi connectivity index (χ3n) is 8.76. The van der Waals surface area contributed by atoms with Gasteiger partial charge in [-0.05, 0) is 68.3 Å². The molecule has 4 bridgehead atoms. The van der Waals surface area contributed by atoms with Crippen molar-refractivity contribution in [2.75, 3.05) is 59.2 Å². The standard InChI is InChI=1S/C26H38N4O4S/c1-15-21(26(33)34-4)24(35-23(15)25(32)28(2)3)27-20(31)14-29-5-7-30(8-6-29)22-18-10-16-9-17(12-18)13-19(22)11-16/h16-19,22H,5-14H2,1-4H3,(H,27,31). The molecule has 0 unspecified atom stereocenters. The third kappa shape index (κ3) is 4.74. The number of nitrogens with one attached hydrogen (secondary N) is 1. The number of carbonyl (C=O) groups excluding carboxylic acids is 3. The van der Waals surface area contributed by atoms with Gasteiger partial charge in [-0.1, -0.05) is 0 Å². The van der Waals surface area contributed by atoms with Gasteiger partial charge in [0.1, 0.15) is 5.00 Å². The molecule has 6 rings (SSSR count). The molecular formula is C26H38N4O4S. The van der Waals surface area contributed by atoms with Gasteiger partial charge in [0.25, 0.3) is 5.91 Å². The Kier molecular flexibility index (Phi) is 6.94. The van der Waals surface area contributed by atoms with Crippen LogP contribution in [0.15, 0.2) is 0 Å². The highest BCUT2D eigenvalue weighted by Gasteiger charge is 2.50. The van der Waals surface area contributed by atoms with Crippen LogP contribution < -0.4 is 5.32 Å². The molecule has 2 amide bonds. The number of piperazine rings is 1. The molecule has 1 aliphatic heterocycles. The van der Waals surface area contributed by atoms with Crippen molar-refractivity contribution in [2.45, 2.75) is 45.1 Å². The van der Waals surface area contributed by atoms with Gasteiger partial charge < -0.3 is 15.0 Å². The smallest absolute Gasteiger partial charge is 0.341 e. The Hall–Kier alpha value is -1.97. The lowest BCUT2D eigenvalue weighted by Gasteiger charge is -2.58. The number of methoxy groups -OCH3 is 1. The fourth-order valence-corrected chi connectivity index (χ4v) is 8.67. The van der Waals surface area contributed by atoms with Crippen molar-refractivity contribution in [3.63, 3.8) is 0 Å². The molecule has 2 heterocycles. The number of esters is 1. The minimum atomic E-state index is -0.545. The van der Waals surface area contributed by atoms with Crippen molar-refractivity contribution in [3.8, 4) is 0 Å². The molecule has 35 heavy (non-hydrogen) atoms. The first-order valence-electron chi connectivity index (χ1n) is 12.9. The quantitative estimate of drug-likeness (QED) is 0.603. The second-order valence-electron chi connectivity index (χ2n) is 11.2. The van der Waals surface area contributed by atoms with Gasteiger partial charge in [-0.15, -0.1) is 11.3 Å². The van der Waals surface area contributed by atoms with Crippen molar-refractivity contribution >= 4 is 34.1 Å². The Balaban J connectivity index is 1.19. The molecule has 5 aliphatic rings. The molecule has 1 saturated heterocycles. The molecule has 1 aromatic heterocycles. The summed E-state index contributed by atoms with van der Waals surface area (Å²) in [5.74, 6) is 2.85. The monoisotopic (exact) mass is 502 g/mol. The van der Waals surface area contributed by atoms with Gasteiger partial charge >= 0.3 is 5.97 Å². The number of hydrogen-bond donors (Lipinski definition) is 1. The van der Waals surface area contributed by atoms with Crippen LogP contribution in [-0.4, -0.2) is 92.5 Å². The summed E-state index contributed by atoms with van der Waals surface area (Å²) in [6.07, 6.45) is 7.21. The molecule has 0 aromatic carbocycles. The van der Waals surface area contributed by atoms with E-state index >= 15 is 0 Å². The first-order chi connectivity index (χ1) is 16.7. The summed E-state index contributed by atoms with van der Waals surface area (Å²) < 4.78 is 4.93. The summed E-state index contributed by atoms with van der Waals surface area (Å²) in [7, 11) is 4.64. The fourth-order valence-electron chi connectivity index (χ4n) is 7.44. The maximum atomic E-state index is 12.9. The first-order valence-corrected chi connectivity index (χ1v) is 13.8. The molecule has 4 saturated carbocycles. The van der Waals surface area contributed by atoms with E-state index in [0.717, 1.165) is 67.2 Å². The number of ether oxygens (including phenoxy) is 1. The van der Waals surface area contributed by atoms with E-state index in [1.807, 2.05) is 0 Å². The molecule has 1 N–H and O–H groups in total. The third-order valence-corrected chi connectivity index (χ3v) is 9.96. The zero-order chi connectivity index (χ0) is 24.9. The van der Waals surface area contributed by atoms with Crippen LogP contribution in [0.2, 0.25) is 0 Å². The van der Waals surface area contributed by atoms with Crippen molar-refractivity contribution in [2.24, 2.45) is 23.7 Å². The molecule has 8 nitrogen and oxygen atoms in total. The summed E-state index contributed by atoms with van der Waals surface area (Å²) in [5.41, 5.74) is 0.808. The highest BCUT2D eigenvalue weighted by Crippen LogP contribution is 2.55. The van der Waals surface area contributed by atoms with Crippen LogP contribution in [0.4, 0.5) is 5.00 Å². The van der Waals surface area contributed by atoms with E-state index in [-0.39, 0.29) is 23.9 Å². The number of rotatable bonds is 6. The van der Waals surface area contributed by atoms with E-state index in [9.17, 15) is 14.4 Å². The minimum Gasteiger partial charge on any atom is -0.465 e. The first kappa shape index (κ1) is 24.7. The van der Waals surface area contributed by atoms with E-state index in [1.54, 1.807) is 21.0 Å². The summed E-state index contributed by atoms with van der Waals surface area (Å²) in [6, 6.07) is 0.753. The highest BCUT2D eigenvalue weighted by molar-refractivity contribution is 7.18. The van der Waals surface area contributed by atoms with E-state index in [1.165, 1.54) is 44.1 Å². The molecule has 1 aromatic rings. The predicted octanol–water partition coefficient (Wildman–Crippen LogP) is 2.93. The number of nitrogens with zero attached hydrogens (tertiary/aromatic N) is 3. The number of thiophene rings is 1. The normalized spacial score (nSPS) is 30.3. The largest absolute Gasteiger partial charge is 0.465 e. The fraction of sp³-hybridized carbons (Fsp3) is 0.731. The van der Waals surface area contributed by atoms with Crippen LogP contribution in [0.5, 0.6) is 0 Å². The molecule has 192 valence electrons. The lowest BCUT2D eigenvalue weighted by molar-refractivity contribution is -0.118. The number of hydrogen-bond acceptors (Lipinski definition) is 7. The summed E-state index contributed by atoms with van der Waals surface area (Å²) >= 11 is 1.14. The van der Waals surface area contributed by atoms with Gasteiger partial charge in [0.2, 0.25) is 5.91 Å². The Morgan fingerprint density at radius 1 is 1.00 bits per heavy atom. The van der Waals surface area contributed by atoms with Crippen LogP contribution in [0.25, 0.3) is 0 Å². The molecule has 0 radical (unpaired) electrons. The van der Waals surface area contributed by atoms with E-state index in [0.29, 0.717) is 15.4 Å². The zero-order valence-electron chi connectivity index (χ0n) is 21.3. The van der Waals surface area contributed by atoms with Crippen LogP contribution in [0, 0.1) is 30.6 Å². The average molecular weight is 503 g/mol. The zero-order valence-corrected chi connectivity index (χ0v) is 22.2. The second kappa shape index (κ2) is 9.82. The summed E-state index contributed by atoms with van der Waals surface area (Å²) in [5, 5.41) is 3.28. The lowest BCUT2D eigenvalue weighted by Crippen LogP contribution is -2.60. The Bertz CT molecular complexity index is 970. The predicted molar refractivity (Wildman–Crippen MR) is 136 cm³/mol. The Morgan fingerprint density at radius 2 is 1.60 bits per heavy atom. The molecule has 0 atom stereocenters. The van der Waals surface area contributed by atoms with Crippen LogP contribution in [0.1, 0.15) is 57.7 Å². The highest BCUT2D eigenvalue weighted by atomic mass is 32.1.